The third kappa shape index (κ3) is 2.68. The standard InChI is InChI=1S/C15H25NO4/c1-15(2)11(12(15)14(19)20)13(18)16(8-9-17)10-6-4-3-5-7-10/h10-12,17H,3-9H2,1-2H3,(H,19,20). The van der Waals surface area contributed by atoms with Crippen molar-refractivity contribution >= 4 is 11.9 Å². The molecule has 114 valence electrons. The molecule has 20 heavy (non-hydrogen) atoms. The topological polar surface area (TPSA) is 77.8 Å². The van der Waals surface area contributed by atoms with Crippen LogP contribution in [0.2, 0.25) is 0 Å². The monoisotopic (exact) mass is 283 g/mol. The molecule has 0 radical (unpaired) electrons. The van der Waals surface area contributed by atoms with E-state index in [-0.39, 0.29) is 18.6 Å². The number of carbonyl (C=O) groups is 2. The number of aliphatic hydroxyl groups is 1. The lowest BCUT2D eigenvalue weighted by Gasteiger charge is -2.34. The number of hydrogen-bond acceptors (Lipinski definition) is 3. The Kier molecular flexibility index (Phi) is 4.37. The molecule has 0 aromatic carbocycles. The number of aliphatic carboxylic acids is 1. The number of aliphatic hydroxyl groups excluding tert-OH is 1. The molecule has 0 bridgehead atoms. The quantitative estimate of drug-likeness (QED) is 0.801. The Morgan fingerprint density at radius 2 is 1.75 bits per heavy atom. The predicted octanol–water partition coefficient (Wildman–Crippen LogP) is 1.50. The van der Waals surface area contributed by atoms with Gasteiger partial charge in [0.15, 0.2) is 0 Å². The number of rotatable bonds is 5. The molecular formula is C15H25NO4. The van der Waals surface area contributed by atoms with E-state index in [1.807, 2.05) is 13.8 Å². The number of carboxylic acids is 1. The summed E-state index contributed by atoms with van der Waals surface area (Å²) in [5.41, 5.74) is -0.467. The number of amides is 1. The van der Waals surface area contributed by atoms with Crippen LogP contribution in [0.15, 0.2) is 0 Å². The number of carbonyl (C=O) groups excluding carboxylic acids is 1. The van der Waals surface area contributed by atoms with E-state index in [0.29, 0.717) is 6.54 Å². The minimum Gasteiger partial charge on any atom is -0.481 e. The molecule has 0 aliphatic heterocycles. The molecule has 0 heterocycles. The van der Waals surface area contributed by atoms with E-state index in [1.54, 1.807) is 4.90 Å². The highest BCUT2D eigenvalue weighted by atomic mass is 16.4. The molecule has 1 amide bonds. The molecule has 5 nitrogen and oxygen atoms in total. The normalized spacial score (nSPS) is 28.9. The van der Waals surface area contributed by atoms with E-state index in [1.165, 1.54) is 6.42 Å². The molecule has 5 heteroatoms. The lowest BCUT2D eigenvalue weighted by Crippen LogP contribution is -2.44. The average molecular weight is 283 g/mol. The summed E-state index contributed by atoms with van der Waals surface area (Å²) >= 11 is 0. The minimum atomic E-state index is -0.888. The Labute approximate surface area is 120 Å². The zero-order valence-electron chi connectivity index (χ0n) is 12.3. The zero-order chi connectivity index (χ0) is 14.9. The highest BCUT2D eigenvalue weighted by Crippen LogP contribution is 2.59. The Morgan fingerprint density at radius 3 is 2.20 bits per heavy atom. The lowest BCUT2D eigenvalue weighted by molar-refractivity contribution is -0.143. The van der Waals surface area contributed by atoms with Gasteiger partial charge in [0.25, 0.3) is 0 Å². The molecule has 2 atom stereocenters. The summed E-state index contributed by atoms with van der Waals surface area (Å²) < 4.78 is 0. The summed E-state index contributed by atoms with van der Waals surface area (Å²) in [7, 11) is 0. The zero-order valence-corrected chi connectivity index (χ0v) is 12.3. The van der Waals surface area contributed by atoms with Crippen LogP contribution in [0.25, 0.3) is 0 Å². The van der Waals surface area contributed by atoms with E-state index in [4.69, 9.17) is 0 Å². The highest BCUT2D eigenvalue weighted by Gasteiger charge is 2.66. The van der Waals surface area contributed by atoms with Crippen LogP contribution in [0.3, 0.4) is 0 Å². The summed E-state index contributed by atoms with van der Waals surface area (Å²) in [6.07, 6.45) is 5.35. The van der Waals surface area contributed by atoms with Crippen molar-refractivity contribution in [1.82, 2.24) is 4.90 Å². The van der Waals surface area contributed by atoms with Gasteiger partial charge in [-0.15, -0.1) is 0 Å². The van der Waals surface area contributed by atoms with Crippen LogP contribution in [0.5, 0.6) is 0 Å². The van der Waals surface area contributed by atoms with Gasteiger partial charge < -0.3 is 15.1 Å². The van der Waals surface area contributed by atoms with Gasteiger partial charge in [-0.2, -0.15) is 0 Å². The van der Waals surface area contributed by atoms with Gasteiger partial charge in [-0.05, 0) is 18.3 Å². The second kappa shape index (κ2) is 5.72. The van der Waals surface area contributed by atoms with Gasteiger partial charge >= 0.3 is 5.97 Å². The molecule has 2 aliphatic carbocycles. The van der Waals surface area contributed by atoms with Crippen molar-refractivity contribution in [2.45, 2.75) is 52.0 Å². The first kappa shape index (κ1) is 15.3. The molecule has 2 N–H and O–H groups in total. The van der Waals surface area contributed by atoms with Gasteiger partial charge in [-0.25, -0.2) is 0 Å². The van der Waals surface area contributed by atoms with Crippen LogP contribution in [0, 0.1) is 17.3 Å². The Balaban J connectivity index is 2.09. The van der Waals surface area contributed by atoms with Gasteiger partial charge in [-0.1, -0.05) is 33.1 Å². The fourth-order valence-corrected chi connectivity index (χ4v) is 3.71. The summed E-state index contributed by atoms with van der Waals surface area (Å²) in [4.78, 5) is 25.6. The number of carboxylic acid groups (broad SMARTS) is 1. The van der Waals surface area contributed by atoms with Crippen molar-refractivity contribution in [2.24, 2.45) is 17.3 Å². The Morgan fingerprint density at radius 1 is 1.15 bits per heavy atom. The van der Waals surface area contributed by atoms with Crippen LogP contribution in [-0.4, -0.2) is 46.2 Å². The molecular weight excluding hydrogens is 258 g/mol. The smallest absolute Gasteiger partial charge is 0.307 e. The van der Waals surface area contributed by atoms with E-state index in [9.17, 15) is 19.8 Å². The molecule has 2 aliphatic rings. The molecule has 0 saturated heterocycles. The number of nitrogens with zero attached hydrogens (tertiary/aromatic N) is 1. The fourth-order valence-electron chi connectivity index (χ4n) is 3.71. The molecule has 0 spiro atoms. The van der Waals surface area contributed by atoms with Crippen molar-refractivity contribution in [3.8, 4) is 0 Å². The Hall–Kier alpha value is -1.10. The van der Waals surface area contributed by atoms with Crippen molar-refractivity contribution < 1.29 is 19.8 Å². The molecule has 2 saturated carbocycles. The molecule has 0 aromatic rings. The van der Waals surface area contributed by atoms with E-state index < -0.39 is 23.2 Å². The van der Waals surface area contributed by atoms with Gasteiger partial charge in [0.2, 0.25) is 5.91 Å². The van der Waals surface area contributed by atoms with Gasteiger partial charge in [0.05, 0.1) is 18.4 Å². The Bertz CT molecular complexity index is 387. The van der Waals surface area contributed by atoms with Crippen molar-refractivity contribution in [3.63, 3.8) is 0 Å². The number of hydrogen-bond donors (Lipinski definition) is 2. The average Bonchev–Trinajstić information content (AvgIpc) is 2.99. The first-order valence-corrected chi connectivity index (χ1v) is 7.55. The maximum absolute atomic E-state index is 12.7. The second-order valence-corrected chi connectivity index (χ2v) is 6.66. The molecule has 2 rings (SSSR count). The molecule has 2 unspecified atom stereocenters. The van der Waals surface area contributed by atoms with E-state index in [0.717, 1.165) is 25.7 Å². The molecule has 2 fully saturated rings. The lowest BCUT2D eigenvalue weighted by atomic mass is 9.93. The van der Waals surface area contributed by atoms with E-state index >= 15 is 0 Å². The molecule has 0 aromatic heterocycles. The SMILES string of the molecule is CC1(C)C(C(=O)O)C1C(=O)N(CCO)C1CCCCC1. The van der Waals surface area contributed by atoms with Crippen LogP contribution in [0.4, 0.5) is 0 Å². The van der Waals surface area contributed by atoms with Crippen molar-refractivity contribution in [1.29, 1.82) is 0 Å². The fraction of sp³-hybridized carbons (Fsp3) is 0.867. The van der Waals surface area contributed by atoms with Crippen LogP contribution >= 0.6 is 0 Å². The van der Waals surface area contributed by atoms with Gasteiger partial charge in [0.1, 0.15) is 0 Å². The van der Waals surface area contributed by atoms with E-state index in [2.05, 4.69) is 0 Å². The summed E-state index contributed by atoms with van der Waals surface area (Å²) in [6, 6.07) is 0.175. The maximum atomic E-state index is 12.7. The van der Waals surface area contributed by atoms with Crippen LogP contribution < -0.4 is 0 Å². The third-order valence-electron chi connectivity index (χ3n) is 5.00. The largest absolute Gasteiger partial charge is 0.481 e. The first-order chi connectivity index (χ1) is 9.41. The summed E-state index contributed by atoms with van der Waals surface area (Å²) in [5, 5.41) is 18.4. The van der Waals surface area contributed by atoms with Gasteiger partial charge in [-0.3, -0.25) is 9.59 Å². The van der Waals surface area contributed by atoms with Crippen molar-refractivity contribution in [3.05, 3.63) is 0 Å². The highest BCUT2D eigenvalue weighted by molar-refractivity contribution is 5.91. The first-order valence-electron chi connectivity index (χ1n) is 7.55. The summed E-state index contributed by atoms with van der Waals surface area (Å²) in [6.45, 7) is 3.94. The second-order valence-electron chi connectivity index (χ2n) is 6.66. The van der Waals surface area contributed by atoms with Crippen molar-refractivity contribution in [2.75, 3.05) is 13.2 Å². The van der Waals surface area contributed by atoms with Crippen LogP contribution in [0.1, 0.15) is 46.0 Å². The summed E-state index contributed by atoms with van der Waals surface area (Å²) in [5.74, 6) is -1.99. The maximum Gasteiger partial charge on any atom is 0.307 e. The minimum absolute atomic E-state index is 0.0624. The predicted molar refractivity (Wildman–Crippen MR) is 74.1 cm³/mol. The van der Waals surface area contributed by atoms with Gasteiger partial charge in [0, 0.05) is 12.6 Å². The third-order valence-corrected chi connectivity index (χ3v) is 5.00. The van der Waals surface area contributed by atoms with Crippen LogP contribution in [-0.2, 0) is 9.59 Å².